The van der Waals surface area contributed by atoms with Crippen molar-refractivity contribution in [1.29, 1.82) is 0 Å². The van der Waals surface area contributed by atoms with E-state index in [4.69, 9.17) is 43.3 Å². The number of rotatable bonds is 10. The molecule has 0 radical (unpaired) electrons. The number of aliphatic hydroxyl groups is 2. The Bertz CT molecular complexity index is 1870. The van der Waals surface area contributed by atoms with Crippen LogP contribution in [0.4, 0.5) is 26.3 Å². The third-order valence-electron chi connectivity index (χ3n) is 14.6. The highest BCUT2D eigenvalue weighted by Gasteiger charge is 2.42. The molecule has 0 aromatic rings. The standard InChI is InChI=1S/C10H14F3NO.C10H15F2NO.2C10H17NO.C9H14FN.C9H15NO/c1-4-14-6-8(15-10(11,12)13)5-9(14)7(2)3;1-4-13-6-8(14-10(11)12)5-9(13)7(2)3;1-5-11-7-10(4,12)6-9(11)8(2)3;1-5-11-7-9(12-4)6-10(11)8(2)3;1-4-11-6-8(10)5-9(11)7(2)3;1-4-10-6-8(11)5-9(10)7(2)3/h1,7-9H,5-6H2,2-3H3;1,7-10H,5-6H2,2-3H3;1,8-9,12H,6-7H2,2-4H3;1,8-10H,6-7H2,2-4H3;1,7-9H,5-6H2,2-3H3;1,7-9,11H,5-6H2,2-3H3. The average Bonchev–Trinajstić information content (AvgIpc) is 4.19. The molecule has 6 heterocycles. The van der Waals surface area contributed by atoms with Gasteiger partial charge in [-0.3, -0.25) is 4.74 Å². The Hall–Kier alpha value is -4.46. The van der Waals surface area contributed by atoms with Crippen LogP contribution >= 0.6 is 0 Å². The van der Waals surface area contributed by atoms with Crippen molar-refractivity contribution in [1.82, 2.24) is 29.4 Å². The molecule has 0 aromatic heterocycles. The number of hydrogen-bond donors (Lipinski definition) is 2. The molecule has 0 bridgehead atoms. The van der Waals surface area contributed by atoms with Crippen LogP contribution in [0.5, 0.6) is 0 Å². The molecular formula is C58H92F6N6O5. The van der Waals surface area contributed by atoms with Crippen molar-refractivity contribution in [2.75, 3.05) is 46.4 Å². The van der Waals surface area contributed by atoms with Crippen molar-refractivity contribution < 1.29 is 50.8 Å². The zero-order valence-electron chi connectivity index (χ0n) is 47.4. The van der Waals surface area contributed by atoms with E-state index in [9.17, 15) is 36.6 Å². The average molecular weight is 1070 g/mol. The number of methoxy groups -OCH3 is 1. The summed E-state index contributed by atoms with van der Waals surface area (Å²) in [7, 11) is 1.75. The van der Waals surface area contributed by atoms with Crippen LogP contribution in [0.3, 0.4) is 0 Å². The fourth-order valence-electron chi connectivity index (χ4n) is 10.6. The molecule has 0 spiro atoms. The van der Waals surface area contributed by atoms with Gasteiger partial charge < -0.3 is 49.1 Å². The Morgan fingerprint density at radius 1 is 0.507 bits per heavy atom. The summed E-state index contributed by atoms with van der Waals surface area (Å²) in [6.45, 7) is 27.3. The molecule has 6 aliphatic rings. The van der Waals surface area contributed by atoms with E-state index in [1.807, 2.05) is 44.4 Å². The highest BCUT2D eigenvalue weighted by molar-refractivity contribution is 5.04. The maximum absolute atomic E-state index is 12.8. The summed E-state index contributed by atoms with van der Waals surface area (Å²) in [6.07, 6.45) is 29.5. The van der Waals surface area contributed by atoms with Crippen molar-refractivity contribution in [2.45, 2.75) is 214 Å². The van der Waals surface area contributed by atoms with Crippen LogP contribution in [0.25, 0.3) is 0 Å². The Labute approximate surface area is 449 Å². The number of likely N-dealkylation sites (tertiary alicyclic amines) is 6. The molecule has 6 rings (SSSR count). The first-order chi connectivity index (χ1) is 34.8. The predicted octanol–water partition coefficient (Wildman–Crippen LogP) is 8.82. The number of alkyl halides is 6. The Kier molecular flexibility index (Phi) is 29.5. The minimum absolute atomic E-state index is 0.0256. The second kappa shape index (κ2) is 32.3. The van der Waals surface area contributed by atoms with Gasteiger partial charge >= 0.3 is 13.0 Å². The quantitative estimate of drug-likeness (QED) is 0.163. The van der Waals surface area contributed by atoms with Gasteiger partial charge in [-0.25, -0.2) is 4.39 Å². The second-order valence-corrected chi connectivity index (χ2v) is 22.7. The topological polar surface area (TPSA) is 87.6 Å². The molecule has 0 aromatic carbocycles. The van der Waals surface area contributed by atoms with E-state index >= 15 is 0 Å². The third-order valence-corrected chi connectivity index (χ3v) is 14.6. The monoisotopic (exact) mass is 1070 g/mol. The van der Waals surface area contributed by atoms with E-state index in [1.54, 1.807) is 21.8 Å². The van der Waals surface area contributed by atoms with Crippen LogP contribution in [0.1, 0.15) is 129 Å². The molecule has 0 saturated carbocycles. The highest BCUT2D eigenvalue weighted by Crippen LogP contribution is 2.32. The summed E-state index contributed by atoms with van der Waals surface area (Å²) in [4.78, 5) is 11.0. The SMILES string of the molecule is C#CN1CC(C)(O)CC1C(C)C.C#CN1CC(F)CC1C(C)C.C#CN1CC(O)CC1C(C)C.C#CN1CC(OC(F)(F)F)CC1C(C)C.C#CN1CC(OC(F)F)CC1C(C)C.C#CN1CC(OC)CC1C(C)C. The molecule has 6 saturated heterocycles. The van der Waals surface area contributed by atoms with E-state index in [1.165, 1.54) is 0 Å². The molecule has 2 N–H and O–H groups in total. The van der Waals surface area contributed by atoms with Gasteiger partial charge in [0, 0.05) is 86.0 Å². The fraction of sp³-hybridized carbons (Fsp3) is 0.793. The van der Waals surface area contributed by atoms with Crippen molar-refractivity contribution in [3.05, 3.63) is 0 Å². The molecule has 6 fully saturated rings. The summed E-state index contributed by atoms with van der Waals surface area (Å²) in [5.74, 6) is 2.69. The molecule has 426 valence electrons. The number of aliphatic hydroxyl groups excluding tert-OH is 1. The third kappa shape index (κ3) is 23.4. The molecule has 11 nitrogen and oxygen atoms in total. The lowest BCUT2D eigenvalue weighted by Crippen LogP contribution is -2.29. The van der Waals surface area contributed by atoms with E-state index in [0.717, 1.165) is 25.8 Å². The Morgan fingerprint density at radius 2 is 0.840 bits per heavy atom. The first-order valence-electron chi connectivity index (χ1n) is 26.4. The minimum atomic E-state index is -4.57. The van der Waals surface area contributed by atoms with E-state index in [-0.39, 0.29) is 36.7 Å². The number of terminal acetylenes is 6. The Balaban J connectivity index is 0.000000452. The van der Waals surface area contributed by atoms with Crippen molar-refractivity contribution in [2.24, 2.45) is 35.5 Å². The second-order valence-electron chi connectivity index (χ2n) is 22.7. The van der Waals surface area contributed by atoms with Crippen LogP contribution in [0.15, 0.2) is 0 Å². The Morgan fingerprint density at radius 3 is 1.16 bits per heavy atom. The molecule has 0 aliphatic carbocycles. The van der Waals surface area contributed by atoms with Crippen LogP contribution in [-0.2, 0) is 14.2 Å². The summed E-state index contributed by atoms with van der Waals surface area (Å²) >= 11 is 0. The summed E-state index contributed by atoms with van der Waals surface area (Å²) < 4.78 is 86.4. The minimum Gasteiger partial charge on any atom is -0.391 e. The van der Waals surface area contributed by atoms with Crippen LogP contribution in [0.2, 0.25) is 0 Å². The molecule has 6 aliphatic heterocycles. The van der Waals surface area contributed by atoms with Gasteiger partial charge in [0.15, 0.2) is 0 Å². The fourth-order valence-corrected chi connectivity index (χ4v) is 10.6. The van der Waals surface area contributed by atoms with Gasteiger partial charge in [0.05, 0.1) is 69.3 Å². The first kappa shape index (κ1) is 68.6. The highest BCUT2D eigenvalue weighted by atomic mass is 19.4. The lowest BCUT2D eigenvalue weighted by molar-refractivity contribution is -0.340. The summed E-state index contributed by atoms with van der Waals surface area (Å²) in [5.41, 5.74) is -0.596. The molecule has 12 unspecified atom stereocenters. The van der Waals surface area contributed by atoms with E-state index in [0.29, 0.717) is 99.3 Å². The molecule has 12 atom stereocenters. The van der Waals surface area contributed by atoms with Crippen LogP contribution in [0, 0.1) is 110 Å². The number of hydrogen-bond acceptors (Lipinski definition) is 11. The maximum atomic E-state index is 12.8. The van der Waals surface area contributed by atoms with Crippen molar-refractivity contribution >= 4 is 0 Å². The van der Waals surface area contributed by atoms with Crippen LogP contribution in [-0.4, -0.2) is 171 Å². The van der Waals surface area contributed by atoms with Crippen molar-refractivity contribution in [3.63, 3.8) is 0 Å². The first-order valence-corrected chi connectivity index (χ1v) is 26.4. The maximum Gasteiger partial charge on any atom is 0.522 e. The van der Waals surface area contributed by atoms with E-state index in [2.05, 4.69) is 106 Å². The lowest BCUT2D eigenvalue weighted by Gasteiger charge is -2.22. The van der Waals surface area contributed by atoms with Gasteiger partial charge in [0.1, 0.15) is 6.17 Å². The normalized spacial score (nSPS) is 30.0. The van der Waals surface area contributed by atoms with Gasteiger partial charge in [-0.1, -0.05) is 122 Å². The predicted molar refractivity (Wildman–Crippen MR) is 287 cm³/mol. The van der Waals surface area contributed by atoms with Gasteiger partial charge in [-0.15, -0.1) is 13.2 Å². The zero-order valence-corrected chi connectivity index (χ0v) is 47.4. The molecule has 75 heavy (non-hydrogen) atoms. The van der Waals surface area contributed by atoms with Gasteiger partial charge in [-0.2, -0.15) is 8.78 Å². The molecule has 0 amide bonds. The number of halogens is 6. The number of ether oxygens (including phenoxy) is 3. The smallest absolute Gasteiger partial charge is 0.391 e. The summed E-state index contributed by atoms with van der Waals surface area (Å²) in [5, 5.41) is 19.1. The van der Waals surface area contributed by atoms with Gasteiger partial charge in [0.2, 0.25) is 0 Å². The van der Waals surface area contributed by atoms with Gasteiger partial charge in [-0.05, 0) is 74.5 Å². The van der Waals surface area contributed by atoms with Gasteiger partial charge in [0.25, 0.3) is 0 Å². The summed E-state index contributed by atoms with van der Waals surface area (Å²) in [6, 6.07) is 16.9. The largest absolute Gasteiger partial charge is 0.522 e. The van der Waals surface area contributed by atoms with Crippen LogP contribution < -0.4 is 0 Å². The van der Waals surface area contributed by atoms with E-state index < -0.39 is 37.0 Å². The number of nitrogens with zero attached hydrogens (tertiary/aromatic N) is 6. The van der Waals surface area contributed by atoms with Crippen molar-refractivity contribution in [3.8, 4) is 74.8 Å². The lowest BCUT2D eigenvalue weighted by atomic mass is 9.96. The molecular weight excluding hydrogens is 975 g/mol. The molecule has 17 heteroatoms. The zero-order chi connectivity index (χ0) is 57.7. The number of β-amino-alcohol motifs (C(OH)–C–C–N with tert-alkyl or cyclic N) is 2.